The Labute approximate surface area is 373 Å². The van der Waals surface area contributed by atoms with Gasteiger partial charge in [-0.1, -0.05) is 0 Å². The number of benzene rings is 2. The number of nitrogens with one attached hydrogen (secondary N) is 2. The topological polar surface area (TPSA) is 205 Å². The number of rotatable bonds is 10. The Morgan fingerprint density at radius 3 is 1.46 bits per heavy atom. The SMILES string of the molecule is CC(C)(C)NS(=O)(=O)c1ccc(-c2c(C#N)c3cc(F)c(O)cc3n2C2CCC2)nc1.CC(C)(C)NS(=O)(=O)c1ccc(-c2c(C#N)c3cc(F)c(OC(F)F)cc3n2C2CCC2)nc1. The molecule has 3 N–H and O–H groups in total. The van der Waals surface area contributed by atoms with Crippen molar-refractivity contribution in [3.8, 4) is 46.4 Å². The number of aromatic nitrogens is 4. The summed E-state index contributed by atoms with van der Waals surface area (Å²) >= 11 is 0. The molecule has 2 aromatic carbocycles. The molecule has 4 aromatic heterocycles. The van der Waals surface area contributed by atoms with Crippen LogP contribution in [0.2, 0.25) is 0 Å². The number of pyridine rings is 2. The van der Waals surface area contributed by atoms with E-state index in [9.17, 15) is 50.0 Å². The lowest BCUT2D eigenvalue weighted by Crippen LogP contribution is -2.40. The Morgan fingerprint density at radius 1 is 0.708 bits per heavy atom. The summed E-state index contributed by atoms with van der Waals surface area (Å²) in [5.74, 6) is -2.91. The molecule has 0 aliphatic heterocycles. The van der Waals surface area contributed by atoms with Crippen LogP contribution < -0.4 is 14.2 Å². The van der Waals surface area contributed by atoms with Crippen LogP contribution in [0.15, 0.2) is 70.7 Å². The van der Waals surface area contributed by atoms with Gasteiger partial charge in [-0.3, -0.25) is 9.97 Å². The molecule has 14 nitrogen and oxygen atoms in total. The van der Waals surface area contributed by atoms with Gasteiger partial charge in [0.05, 0.1) is 44.9 Å². The zero-order valence-electron chi connectivity index (χ0n) is 36.2. The molecule has 0 bridgehead atoms. The minimum atomic E-state index is -3.82. The second kappa shape index (κ2) is 17.4. The molecule has 0 unspecified atom stereocenters. The molecule has 0 amide bonds. The molecule has 6 aromatic rings. The quantitative estimate of drug-likeness (QED) is 0.111. The second-order valence-corrected chi connectivity index (χ2v) is 21.4. The zero-order chi connectivity index (χ0) is 47.4. The first-order chi connectivity index (χ1) is 30.4. The summed E-state index contributed by atoms with van der Waals surface area (Å²) in [7, 11) is -7.58. The van der Waals surface area contributed by atoms with Gasteiger partial charge in [-0.25, -0.2) is 35.1 Å². The highest BCUT2D eigenvalue weighted by Crippen LogP contribution is 2.45. The number of hydrogen-bond donors (Lipinski definition) is 3. The molecule has 0 radical (unpaired) electrons. The van der Waals surface area contributed by atoms with Crippen molar-refractivity contribution in [2.24, 2.45) is 0 Å². The lowest BCUT2D eigenvalue weighted by Gasteiger charge is -2.30. The maximum Gasteiger partial charge on any atom is 0.387 e. The number of hydrogen-bond acceptors (Lipinski definition) is 10. The van der Waals surface area contributed by atoms with Crippen LogP contribution in [0.5, 0.6) is 11.5 Å². The number of nitriles is 2. The third kappa shape index (κ3) is 9.53. The molecule has 2 aliphatic rings. The molecule has 20 heteroatoms. The molecule has 2 aliphatic carbocycles. The minimum absolute atomic E-state index is 0.0136. The van der Waals surface area contributed by atoms with Gasteiger partial charge in [-0.05, 0) is 116 Å². The van der Waals surface area contributed by atoms with Gasteiger partial charge in [0, 0.05) is 58.5 Å². The molecule has 8 rings (SSSR count). The molecule has 0 spiro atoms. The second-order valence-electron chi connectivity index (χ2n) is 18.0. The molecular formula is C45H46F4N8O6S2. The van der Waals surface area contributed by atoms with Gasteiger partial charge in [0.2, 0.25) is 20.0 Å². The number of halogens is 4. The molecule has 65 heavy (non-hydrogen) atoms. The van der Waals surface area contributed by atoms with Crippen LogP contribution in [0, 0.1) is 34.3 Å². The van der Waals surface area contributed by atoms with Crippen molar-refractivity contribution in [2.45, 2.75) is 120 Å². The average Bonchev–Trinajstić information content (AvgIpc) is 3.63. The first kappa shape index (κ1) is 46.9. The number of sulfonamides is 2. The Bertz CT molecular complexity index is 3120. The first-order valence-corrected chi connectivity index (χ1v) is 23.6. The van der Waals surface area contributed by atoms with Gasteiger partial charge in [0.1, 0.15) is 21.9 Å². The van der Waals surface area contributed by atoms with Gasteiger partial charge in [0.15, 0.2) is 23.1 Å². The maximum absolute atomic E-state index is 14.5. The number of ether oxygens (including phenoxy) is 1. The summed E-state index contributed by atoms with van der Waals surface area (Å²) in [5.41, 5.74) is 1.57. The molecule has 0 saturated heterocycles. The van der Waals surface area contributed by atoms with Crippen molar-refractivity contribution in [3.63, 3.8) is 0 Å². The average molecular weight is 935 g/mol. The van der Waals surface area contributed by atoms with Crippen LogP contribution in [0.4, 0.5) is 17.6 Å². The van der Waals surface area contributed by atoms with Crippen LogP contribution in [0.25, 0.3) is 44.6 Å². The number of fused-ring (bicyclic) bond motifs is 2. The van der Waals surface area contributed by atoms with Crippen LogP contribution in [0.3, 0.4) is 0 Å². The Hall–Kier alpha value is -6.06. The zero-order valence-corrected chi connectivity index (χ0v) is 37.9. The van der Waals surface area contributed by atoms with Crippen LogP contribution >= 0.6 is 0 Å². The van der Waals surface area contributed by atoms with Crippen LogP contribution in [-0.2, 0) is 20.0 Å². The number of phenols is 1. The number of phenolic OH excluding ortho intramolecular Hbond substituents is 1. The van der Waals surface area contributed by atoms with Gasteiger partial charge in [-0.15, -0.1) is 0 Å². The maximum atomic E-state index is 14.5. The van der Waals surface area contributed by atoms with E-state index in [2.05, 4.69) is 36.3 Å². The molecule has 0 atom stereocenters. The number of aromatic hydroxyl groups is 1. The van der Waals surface area contributed by atoms with Gasteiger partial charge < -0.3 is 19.0 Å². The summed E-state index contributed by atoms with van der Waals surface area (Å²) in [4.78, 5) is 8.62. The summed E-state index contributed by atoms with van der Waals surface area (Å²) in [6.07, 6.45) is 7.77. The smallest absolute Gasteiger partial charge is 0.387 e. The highest BCUT2D eigenvalue weighted by atomic mass is 32.2. The van der Waals surface area contributed by atoms with Crippen molar-refractivity contribution in [1.82, 2.24) is 28.5 Å². The molecule has 2 fully saturated rings. The van der Waals surface area contributed by atoms with Gasteiger partial charge in [-0.2, -0.15) is 19.3 Å². The van der Waals surface area contributed by atoms with Crippen LogP contribution in [0.1, 0.15) is 103 Å². The minimum Gasteiger partial charge on any atom is -0.505 e. The fraction of sp³-hybridized carbons (Fsp3) is 0.378. The summed E-state index contributed by atoms with van der Waals surface area (Å²) < 4.78 is 118. The molecule has 2 saturated carbocycles. The van der Waals surface area contributed by atoms with E-state index in [1.807, 2.05) is 4.57 Å². The number of nitrogens with zero attached hydrogens (tertiary/aromatic N) is 6. The first-order valence-electron chi connectivity index (χ1n) is 20.6. The predicted octanol–water partition coefficient (Wildman–Crippen LogP) is 9.34. The lowest BCUT2D eigenvalue weighted by molar-refractivity contribution is -0.0521. The van der Waals surface area contributed by atoms with E-state index in [0.29, 0.717) is 39.2 Å². The monoisotopic (exact) mass is 934 g/mol. The van der Waals surface area contributed by atoms with Crippen molar-refractivity contribution in [2.75, 3.05) is 0 Å². The van der Waals surface area contributed by atoms with E-state index in [-0.39, 0.29) is 38.4 Å². The summed E-state index contributed by atoms with van der Waals surface area (Å²) in [6, 6.07) is 14.8. The fourth-order valence-corrected chi connectivity index (χ4v) is 10.6. The summed E-state index contributed by atoms with van der Waals surface area (Å²) in [6.45, 7) is 7.19. The van der Waals surface area contributed by atoms with E-state index >= 15 is 0 Å². The summed E-state index contributed by atoms with van der Waals surface area (Å²) in [5, 5.41) is 30.3. The van der Waals surface area contributed by atoms with Crippen molar-refractivity contribution in [1.29, 1.82) is 10.5 Å². The van der Waals surface area contributed by atoms with Gasteiger partial charge in [0.25, 0.3) is 0 Å². The Morgan fingerprint density at radius 2 is 1.12 bits per heavy atom. The third-order valence-corrected chi connectivity index (χ3v) is 14.4. The van der Waals surface area contributed by atoms with Crippen molar-refractivity contribution in [3.05, 3.63) is 83.7 Å². The van der Waals surface area contributed by atoms with Crippen molar-refractivity contribution < 1.29 is 44.2 Å². The third-order valence-electron chi connectivity index (χ3n) is 10.9. The Kier molecular flexibility index (Phi) is 12.6. The lowest BCUT2D eigenvalue weighted by atomic mass is 9.92. The van der Waals surface area contributed by atoms with E-state index in [1.54, 1.807) is 52.2 Å². The predicted molar refractivity (Wildman–Crippen MR) is 234 cm³/mol. The molecule has 342 valence electrons. The van der Waals surface area contributed by atoms with E-state index in [1.165, 1.54) is 42.7 Å². The van der Waals surface area contributed by atoms with Crippen LogP contribution in [-0.4, -0.2) is 58.7 Å². The molecular weight excluding hydrogens is 889 g/mol. The van der Waals surface area contributed by atoms with E-state index in [4.69, 9.17) is 0 Å². The van der Waals surface area contributed by atoms with Gasteiger partial charge >= 0.3 is 6.61 Å². The van der Waals surface area contributed by atoms with Crippen molar-refractivity contribution >= 4 is 41.9 Å². The Balaban J connectivity index is 0.000000195. The number of alkyl halides is 2. The van der Waals surface area contributed by atoms with E-state index in [0.717, 1.165) is 50.7 Å². The van der Waals surface area contributed by atoms with E-state index < -0.39 is 60.9 Å². The highest BCUT2D eigenvalue weighted by molar-refractivity contribution is 7.89. The standard InChI is InChI=1S/C23H23F3N4O3S.C22H23FN4O3S/c1-23(2,3)29-34(31,32)14-7-8-18(28-12-14)21-16(11-27)15-9-17(24)20(33-22(25)26)10-19(15)30(21)13-5-4-6-13;1-22(2,3)26-31(29,30)14-7-8-18(25-12-14)21-16(11-24)15-9-17(23)20(28)10-19(15)27(21)13-5-4-6-13/h7-10,12-13,22,29H,4-6H2,1-3H3;7-10,12-13,26,28H,4-6H2,1-3H3. The highest BCUT2D eigenvalue weighted by Gasteiger charge is 2.32. The largest absolute Gasteiger partial charge is 0.505 e. The normalized spacial score (nSPS) is 15.0. The fourth-order valence-electron chi connectivity index (χ4n) is 7.88. The molecule has 4 heterocycles.